The molecule has 3 N–H and O–H groups in total. The molecule has 47 heavy (non-hydrogen) atoms. The first-order valence-corrected chi connectivity index (χ1v) is 16.8. The minimum Gasteiger partial charge on any atom is -0.497 e. The zero-order valence-corrected chi connectivity index (χ0v) is 27.7. The molecule has 5 rings (SSSR count). The molecular weight excluding hydrogens is 626 g/mol. The maximum atomic E-state index is 13.6. The molecule has 14 heteroatoms. The van der Waals surface area contributed by atoms with Gasteiger partial charge in [-0.2, -0.15) is 12.7 Å². The molecule has 3 amide bonds. The lowest BCUT2D eigenvalue weighted by Gasteiger charge is -2.24. The Morgan fingerprint density at radius 3 is 2.36 bits per heavy atom. The van der Waals surface area contributed by atoms with Gasteiger partial charge in [-0.15, -0.1) is 0 Å². The van der Waals surface area contributed by atoms with Crippen LogP contribution in [-0.4, -0.2) is 82.4 Å². The van der Waals surface area contributed by atoms with Crippen molar-refractivity contribution in [2.24, 2.45) is 0 Å². The molecule has 2 aromatic carbocycles. The maximum Gasteiger partial charge on any atom is 0.325 e. The fraction of sp³-hybridized carbons (Fsp3) is 0.394. The third kappa shape index (κ3) is 7.18. The van der Waals surface area contributed by atoms with Crippen LogP contribution in [0, 0.1) is 0 Å². The number of nitrogens with one attached hydrogen (secondary N) is 3. The van der Waals surface area contributed by atoms with Crippen molar-refractivity contribution < 1.29 is 37.1 Å². The van der Waals surface area contributed by atoms with Crippen LogP contribution in [0.1, 0.15) is 59.5 Å². The SMILES string of the molecule is COC(=O)CNC(=O)CNC(=O)C1=Cc2cc(OC)ccc2-c2c(C3CCCCC3)c3ccc(C(=O)NS(=O)(=O)N(C)C)cc3n2C1. The van der Waals surface area contributed by atoms with Gasteiger partial charge in [0.05, 0.1) is 33.0 Å². The topological polar surface area (TPSA) is 165 Å². The largest absolute Gasteiger partial charge is 0.497 e. The number of hydrogen-bond donors (Lipinski definition) is 3. The minimum absolute atomic E-state index is 0.103. The third-order valence-corrected chi connectivity index (χ3v) is 10.0. The number of benzene rings is 2. The first-order chi connectivity index (χ1) is 22.4. The van der Waals surface area contributed by atoms with E-state index in [1.165, 1.54) is 21.2 Å². The number of rotatable bonds is 10. The molecule has 0 atom stereocenters. The van der Waals surface area contributed by atoms with Crippen LogP contribution in [0.5, 0.6) is 5.75 Å². The number of aromatic nitrogens is 1. The van der Waals surface area contributed by atoms with Gasteiger partial charge in [0.25, 0.3) is 5.91 Å². The highest BCUT2D eigenvalue weighted by Crippen LogP contribution is 2.47. The molecule has 0 spiro atoms. The number of hydrogen-bond acceptors (Lipinski definition) is 8. The van der Waals surface area contributed by atoms with E-state index in [9.17, 15) is 27.6 Å². The molecule has 2 aliphatic rings. The van der Waals surface area contributed by atoms with E-state index in [-0.39, 0.29) is 31.1 Å². The lowest BCUT2D eigenvalue weighted by Crippen LogP contribution is -2.40. The molecule has 1 aliphatic carbocycles. The van der Waals surface area contributed by atoms with Crippen molar-refractivity contribution in [2.45, 2.75) is 44.6 Å². The number of ether oxygens (including phenoxy) is 2. The summed E-state index contributed by atoms with van der Waals surface area (Å²) in [6, 6.07) is 10.8. The summed E-state index contributed by atoms with van der Waals surface area (Å²) in [5, 5.41) is 5.97. The van der Waals surface area contributed by atoms with Gasteiger partial charge < -0.3 is 24.7 Å². The Labute approximate surface area is 273 Å². The molecule has 1 saturated carbocycles. The van der Waals surface area contributed by atoms with Crippen molar-refractivity contribution >= 4 is 50.9 Å². The van der Waals surface area contributed by atoms with E-state index < -0.39 is 33.9 Å². The van der Waals surface area contributed by atoms with Gasteiger partial charge in [0.2, 0.25) is 11.8 Å². The zero-order valence-electron chi connectivity index (χ0n) is 26.8. The summed E-state index contributed by atoms with van der Waals surface area (Å²) < 4.78 is 40.0. The van der Waals surface area contributed by atoms with Gasteiger partial charge in [0, 0.05) is 41.7 Å². The second-order valence-electron chi connectivity index (χ2n) is 11.8. The number of fused-ring (bicyclic) bond motifs is 5. The Bertz CT molecular complexity index is 1870. The molecule has 1 aromatic heterocycles. The molecular formula is C33H39N5O8S. The van der Waals surface area contributed by atoms with Crippen molar-refractivity contribution in [2.75, 3.05) is 41.4 Å². The maximum absolute atomic E-state index is 13.6. The molecule has 250 valence electrons. The standard InChI is InChI=1S/C33H39N5O8S/c1-37(2)47(43,44)36-33(42)21-10-12-26-27(16-21)38-19-23(32(41)35-17-28(39)34-18-29(40)46-4)14-22-15-24(45-3)11-13-25(22)31(38)30(26)20-8-6-5-7-9-20/h10-16,20H,5-9,17-19H2,1-4H3,(H,34,39)(H,35,41)(H,36,42). The third-order valence-electron chi connectivity index (χ3n) is 8.61. The first-order valence-electron chi connectivity index (χ1n) is 15.3. The average molecular weight is 666 g/mol. The van der Waals surface area contributed by atoms with E-state index in [0.29, 0.717) is 16.8 Å². The molecule has 0 bridgehead atoms. The van der Waals surface area contributed by atoms with Gasteiger partial charge in [-0.1, -0.05) is 25.3 Å². The Hall–Kier alpha value is -4.69. The Morgan fingerprint density at radius 2 is 1.68 bits per heavy atom. The van der Waals surface area contributed by atoms with Crippen LogP contribution in [0.25, 0.3) is 28.2 Å². The van der Waals surface area contributed by atoms with Gasteiger partial charge in [-0.05, 0) is 66.3 Å². The Morgan fingerprint density at radius 1 is 0.936 bits per heavy atom. The fourth-order valence-electron chi connectivity index (χ4n) is 6.17. The van der Waals surface area contributed by atoms with E-state index in [4.69, 9.17) is 4.74 Å². The Balaban J connectivity index is 1.62. The van der Waals surface area contributed by atoms with E-state index >= 15 is 0 Å². The van der Waals surface area contributed by atoms with Crippen LogP contribution < -0.4 is 20.1 Å². The van der Waals surface area contributed by atoms with Crippen molar-refractivity contribution in [1.29, 1.82) is 0 Å². The second kappa shape index (κ2) is 14.0. The van der Waals surface area contributed by atoms with Crippen molar-refractivity contribution in [3.63, 3.8) is 0 Å². The van der Waals surface area contributed by atoms with Crippen LogP contribution in [-0.2, 0) is 35.9 Å². The first kappa shape index (κ1) is 33.7. The van der Waals surface area contributed by atoms with Crippen LogP contribution >= 0.6 is 0 Å². The lowest BCUT2D eigenvalue weighted by molar-refractivity contribution is -0.141. The highest BCUT2D eigenvalue weighted by molar-refractivity contribution is 7.87. The van der Waals surface area contributed by atoms with E-state index in [0.717, 1.165) is 64.2 Å². The highest BCUT2D eigenvalue weighted by Gasteiger charge is 2.31. The molecule has 3 aromatic rings. The number of esters is 1. The van der Waals surface area contributed by atoms with Gasteiger partial charge in [0.1, 0.15) is 12.3 Å². The average Bonchev–Trinajstić information content (AvgIpc) is 3.28. The number of methoxy groups -OCH3 is 2. The predicted octanol–water partition coefficient (Wildman–Crippen LogP) is 2.70. The second-order valence-corrected chi connectivity index (χ2v) is 13.7. The van der Waals surface area contributed by atoms with E-state index in [2.05, 4.69) is 20.1 Å². The van der Waals surface area contributed by atoms with Gasteiger partial charge in [0.15, 0.2) is 0 Å². The van der Waals surface area contributed by atoms with Gasteiger partial charge >= 0.3 is 16.2 Å². The molecule has 1 aliphatic heterocycles. The summed E-state index contributed by atoms with van der Waals surface area (Å²) in [5.41, 5.74) is 4.83. The van der Waals surface area contributed by atoms with Crippen molar-refractivity contribution in [3.8, 4) is 17.0 Å². The molecule has 13 nitrogen and oxygen atoms in total. The van der Waals surface area contributed by atoms with Gasteiger partial charge in [-0.25, -0.2) is 4.72 Å². The fourth-order valence-corrected chi connectivity index (χ4v) is 6.70. The van der Waals surface area contributed by atoms with Gasteiger partial charge in [-0.3, -0.25) is 19.2 Å². The zero-order chi connectivity index (χ0) is 33.9. The van der Waals surface area contributed by atoms with Crippen LogP contribution in [0.2, 0.25) is 0 Å². The molecule has 0 unspecified atom stereocenters. The quantitative estimate of drug-likeness (QED) is 0.278. The Kier molecular flexibility index (Phi) is 10.0. The van der Waals surface area contributed by atoms with Crippen LogP contribution in [0.15, 0.2) is 42.0 Å². The van der Waals surface area contributed by atoms with E-state index in [1.807, 2.05) is 28.8 Å². The predicted molar refractivity (Wildman–Crippen MR) is 176 cm³/mol. The number of amides is 3. The highest BCUT2D eigenvalue weighted by atomic mass is 32.2. The number of nitrogens with zero attached hydrogens (tertiary/aromatic N) is 2. The lowest BCUT2D eigenvalue weighted by atomic mass is 9.81. The van der Waals surface area contributed by atoms with Crippen molar-refractivity contribution in [3.05, 3.63) is 58.7 Å². The summed E-state index contributed by atoms with van der Waals surface area (Å²) in [6.45, 7) is -0.586. The summed E-state index contributed by atoms with van der Waals surface area (Å²) in [7, 11) is 1.41. The minimum atomic E-state index is -4.03. The van der Waals surface area contributed by atoms with E-state index in [1.54, 1.807) is 25.3 Å². The van der Waals surface area contributed by atoms with Crippen molar-refractivity contribution in [1.82, 2.24) is 24.2 Å². The van der Waals surface area contributed by atoms with Crippen LogP contribution in [0.3, 0.4) is 0 Å². The number of carbonyl (C=O) groups excluding carboxylic acids is 4. The summed E-state index contributed by atoms with van der Waals surface area (Å²) in [6.07, 6.45) is 7.06. The molecule has 0 radical (unpaired) electrons. The molecule has 1 fully saturated rings. The summed E-state index contributed by atoms with van der Waals surface area (Å²) in [5.74, 6) is -1.61. The molecule has 2 heterocycles. The summed E-state index contributed by atoms with van der Waals surface area (Å²) in [4.78, 5) is 50.6. The monoisotopic (exact) mass is 665 g/mol. The summed E-state index contributed by atoms with van der Waals surface area (Å²) >= 11 is 0. The number of carbonyl (C=O) groups is 4. The van der Waals surface area contributed by atoms with Crippen LogP contribution in [0.4, 0.5) is 0 Å². The normalized spacial score (nSPS) is 14.8. The molecule has 0 saturated heterocycles. The smallest absolute Gasteiger partial charge is 0.325 e.